The molecule has 0 fully saturated rings. The number of rotatable bonds is 6. The van der Waals surface area contributed by atoms with Gasteiger partial charge in [-0.25, -0.2) is 0 Å². The average molecular weight is 389 g/mol. The molecule has 2 N–H and O–H groups in total. The summed E-state index contributed by atoms with van der Waals surface area (Å²) in [6.45, 7) is 0.412. The van der Waals surface area contributed by atoms with Crippen molar-refractivity contribution in [1.82, 2.24) is 5.32 Å². The Labute approximate surface area is 167 Å². The molecule has 0 saturated carbocycles. The minimum atomic E-state index is -0.782. The molecule has 2 aromatic heterocycles. The molecular formula is C23H19NO3S. The Kier molecular flexibility index (Phi) is 5.37. The van der Waals surface area contributed by atoms with Crippen molar-refractivity contribution in [2.75, 3.05) is 0 Å². The summed E-state index contributed by atoms with van der Waals surface area (Å²) in [4.78, 5) is 14.2. The maximum absolute atomic E-state index is 12.4. The molecule has 140 valence electrons. The second-order valence-corrected chi connectivity index (χ2v) is 7.55. The SMILES string of the molecule is O=C(NCc1ccc(C(O)c2ccco2)s1)c1ccc(-c2ccccc2)cc1. The minimum Gasteiger partial charge on any atom is -0.466 e. The lowest BCUT2D eigenvalue weighted by molar-refractivity contribution is 0.0951. The van der Waals surface area contributed by atoms with Gasteiger partial charge in [-0.3, -0.25) is 4.79 Å². The number of hydrogen-bond donors (Lipinski definition) is 2. The molecule has 5 heteroatoms. The molecule has 1 atom stereocenters. The zero-order valence-electron chi connectivity index (χ0n) is 15.0. The van der Waals surface area contributed by atoms with E-state index in [1.165, 1.54) is 17.6 Å². The number of benzene rings is 2. The van der Waals surface area contributed by atoms with Crippen molar-refractivity contribution >= 4 is 17.2 Å². The predicted octanol–water partition coefficient (Wildman–Crippen LogP) is 5.02. The summed E-state index contributed by atoms with van der Waals surface area (Å²) in [6, 6.07) is 24.9. The van der Waals surface area contributed by atoms with E-state index in [1.807, 2.05) is 66.7 Å². The van der Waals surface area contributed by atoms with E-state index in [0.29, 0.717) is 17.9 Å². The lowest BCUT2D eigenvalue weighted by Gasteiger charge is -2.06. The summed E-state index contributed by atoms with van der Waals surface area (Å²) < 4.78 is 5.24. The number of furan rings is 1. The average Bonchev–Trinajstić information content (AvgIpc) is 3.45. The molecule has 0 spiro atoms. The van der Waals surface area contributed by atoms with Crippen LogP contribution in [-0.2, 0) is 6.54 Å². The summed E-state index contributed by atoms with van der Waals surface area (Å²) in [5, 5.41) is 13.2. The van der Waals surface area contributed by atoms with Gasteiger partial charge in [0.15, 0.2) is 0 Å². The van der Waals surface area contributed by atoms with Crippen LogP contribution in [0.3, 0.4) is 0 Å². The lowest BCUT2D eigenvalue weighted by atomic mass is 10.0. The van der Waals surface area contributed by atoms with Crippen LogP contribution in [0.5, 0.6) is 0 Å². The number of carbonyl (C=O) groups excluding carboxylic acids is 1. The number of carbonyl (C=O) groups is 1. The summed E-state index contributed by atoms with van der Waals surface area (Å²) in [5.74, 6) is 0.386. The summed E-state index contributed by atoms with van der Waals surface area (Å²) in [7, 11) is 0. The fraction of sp³-hybridized carbons (Fsp3) is 0.0870. The highest BCUT2D eigenvalue weighted by Gasteiger charge is 2.16. The van der Waals surface area contributed by atoms with Gasteiger partial charge in [-0.15, -0.1) is 11.3 Å². The van der Waals surface area contributed by atoms with Crippen molar-refractivity contribution in [3.05, 3.63) is 106 Å². The van der Waals surface area contributed by atoms with E-state index in [9.17, 15) is 9.90 Å². The van der Waals surface area contributed by atoms with Gasteiger partial charge in [-0.2, -0.15) is 0 Å². The molecule has 0 aliphatic carbocycles. The number of aliphatic hydroxyl groups excluding tert-OH is 1. The topological polar surface area (TPSA) is 62.5 Å². The lowest BCUT2D eigenvalue weighted by Crippen LogP contribution is -2.22. The van der Waals surface area contributed by atoms with Gasteiger partial charge in [0.2, 0.25) is 0 Å². The van der Waals surface area contributed by atoms with E-state index in [0.717, 1.165) is 20.9 Å². The second kappa shape index (κ2) is 8.25. The van der Waals surface area contributed by atoms with Gasteiger partial charge in [0, 0.05) is 15.3 Å². The van der Waals surface area contributed by atoms with Gasteiger partial charge < -0.3 is 14.8 Å². The normalized spacial score (nSPS) is 11.9. The fourth-order valence-corrected chi connectivity index (χ4v) is 3.88. The van der Waals surface area contributed by atoms with E-state index in [-0.39, 0.29) is 5.91 Å². The molecule has 0 bridgehead atoms. The Morgan fingerprint density at radius 2 is 1.68 bits per heavy atom. The maximum Gasteiger partial charge on any atom is 0.251 e. The van der Waals surface area contributed by atoms with Crippen LogP contribution in [0.25, 0.3) is 11.1 Å². The first-order chi connectivity index (χ1) is 13.7. The van der Waals surface area contributed by atoms with Crippen LogP contribution in [-0.4, -0.2) is 11.0 Å². The minimum absolute atomic E-state index is 0.124. The highest BCUT2D eigenvalue weighted by atomic mass is 32.1. The van der Waals surface area contributed by atoms with Crippen LogP contribution in [0.1, 0.15) is 32.0 Å². The van der Waals surface area contributed by atoms with Gasteiger partial charge in [-0.05, 0) is 47.5 Å². The molecule has 0 aliphatic rings. The van der Waals surface area contributed by atoms with Crippen LogP contribution >= 0.6 is 11.3 Å². The first-order valence-electron chi connectivity index (χ1n) is 8.94. The van der Waals surface area contributed by atoms with Crippen molar-refractivity contribution in [2.45, 2.75) is 12.6 Å². The van der Waals surface area contributed by atoms with Crippen LogP contribution in [0, 0.1) is 0 Å². The van der Waals surface area contributed by atoms with Crippen molar-refractivity contribution in [3.63, 3.8) is 0 Å². The van der Waals surface area contributed by atoms with E-state index in [4.69, 9.17) is 4.42 Å². The quantitative estimate of drug-likeness (QED) is 0.487. The Morgan fingerprint density at radius 3 is 2.39 bits per heavy atom. The fourth-order valence-electron chi connectivity index (χ4n) is 2.94. The molecule has 1 unspecified atom stereocenters. The molecule has 4 rings (SSSR count). The zero-order valence-corrected chi connectivity index (χ0v) is 15.9. The molecule has 2 aromatic carbocycles. The van der Waals surface area contributed by atoms with E-state index in [1.54, 1.807) is 12.1 Å². The standard InChI is InChI=1S/C23H19NO3S/c25-22(20-7-4-14-27-20)21-13-12-19(28-21)15-24-23(26)18-10-8-17(9-11-18)16-5-2-1-3-6-16/h1-14,22,25H,15H2,(H,24,26). The Morgan fingerprint density at radius 1 is 0.929 bits per heavy atom. The third kappa shape index (κ3) is 4.06. The first-order valence-corrected chi connectivity index (χ1v) is 9.76. The largest absolute Gasteiger partial charge is 0.466 e. The smallest absolute Gasteiger partial charge is 0.251 e. The summed E-state index contributed by atoms with van der Waals surface area (Å²) >= 11 is 1.45. The monoisotopic (exact) mass is 389 g/mol. The van der Waals surface area contributed by atoms with Crippen molar-refractivity contribution in [2.24, 2.45) is 0 Å². The third-order valence-corrected chi connectivity index (χ3v) is 5.58. The highest BCUT2D eigenvalue weighted by molar-refractivity contribution is 7.12. The summed E-state index contributed by atoms with van der Waals surface area (Å²) in [6.07, 6.45) is 0.756. The third-order valence-electron chi connectivity index (χ3n) is 4.44. The number of nitrogens with one attached hydrogen (secondary N) is 1. The summed E-state index contributed by atoms with van der Waals surface area (Å²) in [5.41, 5.74) is 2.81. The molecule has 0 aliphatic heterocycles. The Hall–Kier alpha value is -3.15. The second-order valence-electron chi connectivity index (χ2n) is 6.35. The van der Waals surface area contributed by atoms with Gasteiger partial charge in [0.1, 0.15) is 11.9 Å². The maximum atomic E-state index is 12.4. The van der Waals surface area contributed by atoms with Crippen LogP contribution in [0.15, 0.2) is 89.5 Å². The van der Waals surface area contributed by atoms with Gasteiger partial charge in [0.05, 0.1) is 12.8 Å². The molecular weight excluding hydrogens is 370 g/mol. The van der Waals surface area contributed by atoms with Gasteiger partial charge >= 0.3 is 0 Å². The molecule has 4 nitrogen and oxygen atoms in total. The van der Waals surface area contributed by atoms with Crippen LogP contribution in [0.2, 0.25) is 0 Å². The number of hydrogen-bond acceptors (Lipinski definition) is 4. The molecule has 0 radical (unpaired) electrons. The number of thiophene rings is 1. The van der Waals surface area contributed by atoms with Crippen molar-refractivity contribution in [3.8, 4) is 11.1 Å². The Balaban J connectivity index is 1.37. The zero-order chi connectivity index (χ0) is 19.3. The number of aliphatic hydroxyl groups is 1. The number of amides is 1. The molecule has 2 heterocycles. The van der Waals surface area contributed by atoms with Gasteiger partial charge in [-0.1, -0.05) is 42.5 Å². The van der Waals surface area contributed by atoms with Crippen molar-refractivity contribution < 1.29 is 14.3 Å². The van der Waals surface area contributed by atoms with Crippen LogP contribution < -0.4 is 5.32 Å². The van der Waals surface area contributed by atoms with Crippen molar-refractivity contribution in [1.29, 1.82) is 0 Å². The predicted molar refractivity (Wildman–Crippen MR) is 110 cm³/mol. The van der Waals surface area contributed by atoms with Gasteiger partial charge in [0.25, 0.3) is 5.91 Å². The van der Waals surface area contributed by atoms with Crippen LogP contribution in [0.4, 0.5) is 0 Å². The van der Waals surface area contributed by atoms with E-state index < -0.39 is 6.10 Å². The van der Waals surface area contributed by atoms with E-state index >= 15 is 0 Å². The highest BCUT2D eigenvalue weighted by Crippen LogP contribution is 2.28. The molecule has 1 amide bonds. The molecule has 0 saturated heterocycles. The first kappa shape index (κ1) is 18.2. The molecule has 28 heavy (non-hydrogen) atoms. The van der Waals surface area contributed by atoms with E-state index in [2.05, 4.69) is 5.32 Å². The molecule has 4 aromatic rings. The Bertz CT molecular complexity index is 1040.